The highest BCUT2D eigenvalue weighted by molar-refractivity contribution is 7.89. The van der Waals surface area contributed by atoms with E-state index in [2.05, 4.69) is 6.92 Å². The lowest BCUT2D eigenvalue weighted by Gasteiger charge is -2.40. The first kappa shape index (κ1) is 16.7. The lowest BCUT2D eigenvalue weighted by Crippen LogP contribution is -2.51. The first-order valence-corrected chi connectivity index (χ1v) is 9.58. The molecule has 2 fully saturated rings. The molecule has 0 aromatic heterocycles. The van der Waals surface area contributed by atoms with Crippen molar-refractivity contribution in [2.24, 2.45) is 11.3 Å². The molecule has 2 aliphatic rings. The number of rotatable bonds is 4. The maximum atomic E-state index is 12.8. The number of carbonyl (C=O) groups is 1. The van der Waals surface area contributed by atoms with E-state index < -0.39 is 28.0 Å². The molecule has 6 heteroatoms. The van der Waals surface area contributed by atoms with Crippen molar-refractivity contribution in [3.8, 4) is 0 Å². The van der Waals surface area contributed by atoms with Crippen molar-refractivity contribution in [2.75, 3.05) is 12.3 Å². The third-order valence-electron chi connectivity index (χ3n) is 5.20. The van der Waals surface area contributed by atoms with Crippen LogP contribution in [0, 0.1) is 11.3 Å². The molecule has 1 heterocycles. The van der Waals surface area contributed by atoms with E-state index in [-0.39, 0.29) is 11.2 Å². The van der Waals surface area contributed by atoms with Gasteiger partial charge in [0.1, 0.15) is 0 Å². The second-order valence-electron chi connectivity index (χ2n) is 7.07. The Labute approximate surface area is 127 Å². The highest BCUT2D eigenvalue weighted by Gasteiger charge is 2.42. The van der Waals surface area contributed by atoms with Gasteiger partial charge in [0.05, 0.1) is 11.7 Å². The summed E-state index contributed by atoms with van der Waals surface area (Å²) in [6.45, 7) is 4.26. The van der Waals surface area contributed by atoms with Gasteiger partial charge in [0.15, 0.2) is 0 Å². The molecule has 1 N–H and O–H groups in total. The quantitative estimate of drug-likeness (QED) is 0.864. The van der Waals surface area contributed by atoms with E-state index in [1.807, 2.05) is 0 Å². The molecule has 2 rings (SSSR count). The number of aliphatic carboxylic acids is 1. The fourth-order valence-electron chi connectivity index (χ4n) is 3.91. The minimum atomic E-state index is -3.39. The minimum absolute atomic E-state index is 0.146. The van der Waals surface area contributed by atoms with Crippen LogP contribution in [0.1, 0.15) is 58.8 Å². The molecule has 0 radical (unpaired) electrons. The molecule has 122 valence electrons. The molecule has 0 aromatic carbocycles. The van der Waals surface area contributed by atoms with Crippen LogP contribution in [0.25, 0.3) is 0 Å². The molecule has 1 saturated carbocycles. The van der Waals surface area contributed by atoms with Crippen LogP contribution in [0.3, 0.4) is 0 Å². The predicted molar refractivity (Wildman–Crippen MR) is 81.5 cm³/mol. The largest absolute Gasteiger partial charge is 0.481 e. The van der Waals surface area contributed by atoms with Crippen molar-refractivity contribution in [2.45, 2.75) is 64.8 Å². The first-order chi connectivity index (χ1) is 9.75. The first-order valence-electron chi connectivity index (χ1n) is 7.98. The fraction of sp³-hybridized carbons (Fsp3) is 0.933. The van der Waals surface area contributed by atoms with Gasteiger partial charge in [-0.15, -0.1) is 0 Å². The number of sulfonamides is 1. The van der Waals surface area contributed by atoms with E-state index >= 15 is 0 Å². The molecule has 0 aromatic rings. The van der Waals surface area contributed by atoms with Gasteiger partial charge in [0.25, 0.3) is 0 Å². The third kappa shape index (κ3) is 3.77. The topological polar surface area (TPSA) is 74.7 Å². The van der Waals surface area contributed by atoms with Crippen LogP contribution in [-0.4, -0.2) is 42.1 Å². The number of hydrogen-bond donors (Lipinski definition) is 1. The highest BCUT2D eigenvalue weighted by Crippen LogP contribution is 2.38. The Hall–Kier alpha value is -0.620. The maximum absolute atomic E-state index is 12.8. The Morgan fingerprint density at radius 1 is 1.24 bits per heavy atom. The molecule has 21 heavy (non-hydrogen) atoms. The number of nitrogens with zero attached hydrogens (tertiary/aromatic N) is 1. The monoisotopic (exact) mass is 317 g/mol. The number of piperidine rings is 1. The summed E-state index contributed by atoms with van der Waals surface area (Å²) < 4.78 is 27.0. The van der Waals surface area contributed by atoms with Crippen molar-refractivity contribution in [1.29, 1.82) is 0 Å². The van der Waals surface area contributed by atoms with Crippen molar-refractivity contribution in [3.63, 3.8) is 0 Å². The number of carboxylic acid groups (broad SMARTS) is 1. The van der Waals surface area contributed by atoms with Gasteiger partial charge < -0.3 is 5.11 Å². The molecule has 1 aliphatic carbocycles. The second-order valence-corrected chi connectivity index (χ2v) is 8.99. The lowest BCUT2D eigenvalue weighted by molar-refractivity contribution is -0.144. The molecule has 2 atom stereocenters. The number of hydrogen-bond acceptors (Lipinski definition) is 3. The minimum Gasteiger partial charge on any atom is -0.481 e. The molecule has 0 bridgehead atoms. The summed E-state index contributed by atoms with van der Waals surface area (Å²) in [5, 5.41) is 9.24. The van der Waals surface area contributed by atoms with Crippen LogP contribution in [0.5, 0.6) is 0 Å². The van der Waals surface area contributed by atoms with E-state index in [1.54, 1.807) is 6.92 Å². The number of carboxylic acids is 1. The maximum Gasteiger partial charge on any atom is 0.308 e. The molecule has 1 aliphatic heterocycles. The summed E-state index contributed by atoms with van der Waals surface area (Å²) in [5.41, 5.74) is -0.146. The average Bonchev–Trinajstić information content (AvgIpc) is 2.37. The van der Waals surface area contributed by atoms with Gasteiger partial charge in [-0.2, -0.15) is 4.31 Å². The molecular formula is C15H27NO4S. The second kappa shape index (κ2) is 6.24. The highest BCUT2D eigenvalue weighted by atomic mass is 32.2. The average molecular weight is 317 g/mol. The van der Waals surface area contributed by atoms with Crippen LogP contribution < -0.4 is 0 Å². The summed E-state index contributed by atoms with van der Waals surface area (Å²) in [5.74, 6) is -1.30. The van der Waals surface area contributed by atoms with E-state index in [1.165, 1.54) is 10.7 Å². The summed E-state index contributed by atoms with van der Waals surface area (Å²) in [6, 6.07) is -0.437. The van der Waals surface area contributed by atoms with Gasteiger partial charge >= 0.3 is 5.97 Å². The zero-order chi connectivity index (χ0) is 15.7. The SMILES string of the molecule is C[C@@H]1[C@H](C(=O)O)CCCN1S(=O)(=O)CC1(C)CCCCC1. The molecule has 1 saturated heterocycles. The summed E-state index contributed by atoms with van der Waals surface area (Å²) in [7, 11) is -3.39. The van der Waals surface area contributed by atoms with E-state index in [4.69, 9.17) is 0 Å². The smallest absolute Gasteiger partial charge is 0.308 e. The van der Waals surface area contributed by atoms with Crippen molar-refractivity contribution < 1.29 is 18.3 Å². The van der Waals surface area contributed by atoms with Gasteiger partial charge in [-0.1, -0.05) is 26.2 Å². The zero-order valence-corrected chi connectivity index (χ0v) is 13.9. The molecular weight excluding hydrogens is 290 g/mol. The summed E-state index contributed by atoms with van der Waals surface area (Å²) in [4.78, 5) is 11.3. The van der Waals surface area contributed by atoms with Crippen LogP contribution in [0.4, 0.5) is 0 Å². The van der Waals surface area contributed by atoms with Gasteiger partial charge in [0, 0.05) is 12.6 Å². The molecule has 0 unspecified atom stereocenters. The van der Waals surface area contributed by atoms with E-state index in [0.29, 0.717) is 19.4 Å². The standard InChI is InChI=1S/C15H27NO4S/c1-12-13(14(17)18)7-6-10-16(12)21(19,20)11-15(2)8-4-3-5-9-15/h12-13H,3-11H2,1-2H3,(H,17,18)/t12-,13-/m1/s1. The van der Waals surface area contributed by atoms with Crippen LogP contribution >= 0.6 is 0 Å². The van der Waals surface area contributed by atoms with Gasteiger partial charge in [-0.25, -0.2) is 8.42 Å². The molecule has 0 spiro atoms. The Morgan fingerprint density at radius 3 is 2.43 bits per heavy atom. The van der Waals surface area contributed by atoms with Crippen LogP contribution in [-0.2, 0) is 14.8 Å². The van der Waals surface area contributed by atoms with Crippen LogP contribution in [0.2, 0.25) is 0 Å². The van der Waals surface area contributed by atoms with Gasteiger partial charge in [-0.3, -0.25) is 4.79 Å². The van der Waals surface area contributed by atoms with Crippen molar-refractivity contribution in [3.05, 3.63) is 0 Å². The van der Waals surface area contributed by atoms with Crippen molar-refractivity contribution in [1.82, 2.24) is 4.31 Å². The Morgan fingerprint density at radius 2 is 1.86 bits per heavy atom. The van der Waals surface area contributed by atoms with E-state index in [0.717, 1.165) is 25.7 Å². The molecule has 5 nitrogen and oxygen atoms in total. The fourth-order valence-corrected chi connectivity index (χ4v) is 6.30. The zero-order valence-electron chi connectivity index (χ0n) is 13.0. The van der Waals surface area contributed by atoms with Crippen molar-refractivity contribution >= 4 is 16.0 Å². The summed E-state index contributed by atoms with van der Waals surface area (Å²) >= 11 is 0. The lowest BCUT2D eigenvalue weighted by atomic mass is 9.77. The Balaban J connectivity index is 2.12. The summed E-state index contributed by atoms with van der Waals surface area (Å²) in [6.07, 6.45) is 6.50. The Kier molecular flexibility index (Phi) is 4.98. The Bertz CT molecular complexity index is 482. The van der Waals surface area contributed by atoms with E-state index in [9.17, 15) is 18.3 Å². The van der Waals surface area contributed by atoms with Gasteiger partial charge in [-0.05, 0) is 38.0 Å². The third-order valence-corrected chi connectivity index (χ3v) is 7.49. The normalized spacial score (nSPS) is 31.0. The predicted octanol–water partition coefficient (Wildman–Crippen LogP) is 2.47. The van der Waals surface area contributed by atoms with Crippen LogP contribution in [0.15, 0.2) is 0 Å². The van der Waals surface area contributed by atoms with Gasteiger partial charge in [0.2, 0.25) is 10.0 Å². The molecule has 0 amide bonds.